The first-order chi connectivity index (χ1) is 8.29. The summed E-state index contributed by atoms with van der Waals surface area (Å²) in [4.78, 5) is 4.90. The lowest BCUT2D eigenvalue weighted by atomic mass is 10.3. The van der Waals surface area contributed by atoms with Crippen molar-refractivity contribution in [2.75, 3.05) is 72.6 Å². The van der Waals surface area contributed by atoms with Gasteiger partial charge in [0.2, 0.25) is 0 Å². The fourth-order valence-corrected chi connectivity index (χ4v) is 2.68. The van der Waals surface area contributed by atoms with Crippen LogP contribution in [0.15, 0.2) is 0 Å². The van der Waals surface area contributed by atoms with Gasteiger partial charge in [-0.2, -0.15) is 0 Å². The number of likely N-dealkylation sites (N-methyl/N-ethyl adjacent to an activating group) is 1. The molecule has 2 aliphatic rings. The van der Waals surface area contributed by atoms with Crippen molar-refractivity contribution in [3.8, 4) is 0 Å². The van der Waals surface area contributed by atoms with Crippen molar-refractivity contribution in [1.82, 2.24) is 19.8 Å². The summed E-state index contributed by atoms with van der Waals surface area (Å²) in [5, 5.41) is 5.07. The second-order valence-corrected chi connectivity index (χ2v) is 5.49. The van der Waals surface area contributed by atoms with Crippen LogP contribution in [0.4, 0.5) is 0 Å². The molecule has 0 N–H and O–H groups in total. The molecule has 5 nitrogen and oxygen atoms in total. The molecule has 0 amide bonds. The van der Waals surface area contributed by atoms with Gasteiger partial charge < -0.3 is 7.97 Å². The van der Waals surface area contributed by atoms with Gasteiger partial charge in [0, 0.05) is 58.9 Å². The highest BCUT2D eigenvalue weighted by molar-refractivity contribution is 14.1. The Bertz CT molecular complexity index is 216. The van der Waals surface area contributed by atoms with Crippen LogP contribution in [0.25, 0.3) is 0 Å². The van der Waals surface area contributed by atoms with Crippen molar-refractivity contribution in [1.29, 1.82) is 0 Å². The fraction of sp³-hybridized carbons (Fsp3) is 1.00. The fourth-order valence-electron chi connectivity index (χ4n) is 2.49. The lowest BCUT2D eigenvalue weighted by Crippen LogP contribution is -2.58. The monoisotopic (exact) mass is 354 g/mol. The van der Waals surface area contributed by atoms with Crippen LogP contribution < -0.4 is 0 Å². The smallest absolute Gasteiger partial charge is 0.109 e. The number of hydrogen-bond acceptors (Lipinski definition) is 5. The summed E-state index contributed by atoms with van der Waals surface area (Å²) in [5.41, 5.74) is 0. The number of rotatable bonds is 4. The highest BCUT2D eigenvalue weighted by Crippen LogP contribution is 2.08. The van der Waals surface area contributed by atoms with Crippen molar-refractivity contribution in [3.05, 3.63) is 0 Å². The average Bonchev–Trinajstić information content (AvgIpc) is 2.38. The minimum atomic E-state index is 0.842. The Hall–Kier alpha value is 0.530. The van der Waals surface area contributed by atoms with Gasteiger partial charge in [-0.1, -0.05) is 0 Å². The van der Waals surface area contributed by atoms with Crippen molar-refractivity contribution in [2.24, 2.45) is 0 Å². The van der Waals surface area contributed by atoms with Crippen LogP contribution in [0.2, 0.25) is 0 Å². The number of hydrogen-bond donors (Lipinski definition) is 0. The van der Waals surface area contributed by atoms with Gasteiger partial charge >= 0.3 is 0 Å². The van der Waals surface area contributed by atoms with E-state index in [-0.39, 0.29) is 0 Å². The average molecular weight is 354 g/mol. The molecule has 2 heterocycles. The van der Waals surface area contributed by atoms with E-state index in [0.29, 0.717) is 0 Å². The SMILES string of the molecule is CN1CCN(N2CCN(CCOI)CC2)CC1. The summed E-state index contributed by atoms with van der Waals surface area (Å²) in [6, 6.07) is 0. The van der Waals surface area contributed by atoms with Crippen LogP contribution >= 0.6 is 23.0 Å². The summed E-state index contributed by atoms with van der Waals surface area (Å²) < 4.78 is 5.10. The molecule has 0 bridgehead atoms. The Morgan fingerprint density at radius 3 is 1.94 bits per heavy atom. The first kappa shape index (κ1) is 14.0. The molecule has 17 heavy (non-hydrogen) atoms. The van der Waals surface area contributed by atoms with Crippen LogP contribution in [0.3, 0.4) is 0 Å². The predicted molar refractivity (Wildman–Crippen MR) is 77.1 cm³/mol. The minimum Gasteiger partial charge on any atom is -0.314 e. The third kappa shape index (κ3) is 4.29. The Kier molecular flexibility index (Phi) is 5.91. The van der Waals surface area contributed by atoms with E-state index >= 15 is 0 Å². The molecule has 0 saturated carbocycles. The van der Waals surface area contributed by atoms with E-state index in [1.165, 1.54) is 52.4 Å². The maximum Gasteiger partial charge on any atom is 0.109 e. The molecule has 6 heteroatoms. The molecule has 0 aliphatic carbocycles. The molecule has 0 spiro atoms. The Morgan fingerprint density at radius 1 is 0.882 bits per heavy atom. The summed E-state index contributed by atoms with van der Waals surface area (Å²) >= 11 is 1.97. The van der Waals surface area contributed by atoms with Crippen LogP contribution in [0.1, 0.15) is 0 Å². The van der Waals surface area contributed by atoms with Crippen LogP contribution in [0, 0.1) is 0 Å². The predicted octanol–water partition coefficient (Wildman–Crippen LogP) is 0.133. The van der Waals surface area contributed by atoms with Gasteiger partial charge in [0.1, 0.15) is 23.0 Å². The highest BCUT2D eigenvalue weighted by Gasteiger charge is 2.24. The quantitative estimate of drug-likeness (QED) is 0.668. The standard InChI is InChI=1S/C11H23IN4O/c1-13-2-6-15(7-3-13)16-8-4-14(5-9-16)10-11-17-12/h2-11H2,1H3. The molecule has 2 rings (SSSR count). The molecule has 2 fully saturated rings. The molecule has 0 aromatic heterocycles. The summed E-state index contributed by atoms with van der Waals surface area (Å²) in [6.45, 7) is 11.4. The maximum atomic E-state index is 5.10. The molecule has 0 aromatic carbocycles. The molecule has 2 aliphatic heterocycles. The van der Waals surface area contributed by atoms with Crippen LogP contribution in [-0.2, 0) is 3.07 Å². The second kappa shape index (κ2) is 7.20. The number of hydrazine groups is 1. The summed E-state index contributed by atoms with van der Waals surface area (Å²) in [7, 11) is 2.21. The van der Waals surface area contributed by atoms with E-state index in [0.717, 1.165) is 13.2 Å². The third-order valence-electron chi connectivity index (χ3n) is 3.71. The third-order valence-corrected chi connectivity index (χ3v) is 4.15. The molecular weight excluding hydrogens is 331 g/mol. The van der Waals surface area contributed by atoms with Gasteiger partial charge in [0.25, 0.3) is 0 Å². The lowest BCUT2D eigenvalue weighted by molar-refractivity contribution is -0.0790. The van der Waals surface area contributed by atoms with E-state index in [4.69, 9.17) is 3.07 Å². The van der Waals surface area contributed by atoms with Gasteiger partial charge in [0.15, 0.2) is 0 Å². The first-order valence-electron chi connectivity index (χ1n) is 6.44. The van der Waals surface area contributed by atoms with Crippen LogP contribution in [-0.4, -0.2) is 92.4 Å². The zero-order chi connectivity index (χ0) is 12.1. The Morgan fingerprint density at radius 2 is 1.41 bits per heavy atom. The number of halogens is 1. The normalized spacial score (nSPS) is 26.5. The molecule has 2 saturated heterocycles. The summed E-state index contributed by atoms with van der Waals surface area (Å²) in [5.74, 6) is 0. The molecule has 0 radical (unpaired) electrons. The van der Waals surface area contributed by atoms with E-state index in [2.05, 4.69) is 26.9 Å². The van der Waals surface area contributed by atoms with E-state index in [9.17, 15) is 0 Å². The molecule has 0 aromatic rings. The van der Waals surface area contributed by atoms with Gasteiger partial charge in [-0.05, 0) is 7.05 Å². The molecule has 0 unspecified atom stereocenters. The van der Waals surface area contributed by atoms with Gasteiger partial charge in [0.05, 0.1) is 6.61 Å². The van der Waals surface area contributed by atoms with E-state index in [1.807, 2.05) is 23.0 Å². The zero-order valence-corrected chi connectivity index (χ0v) is 12.8. The van der Waals surface area contributed by atoms with Crippen molar-refractivity contribution < 1.29 is 3.07 Å². The Balaban J connectivity index is 1.68. The van der Waals surface area contributed by atoms with E-state index in [1.54, 1.807) is 0 Å². The largest absolute Gasteiger partial charge is 0.314 e. The molecular formula is C11H23IN4O. The second-order valence-electron chi connectivity index (χ2n) is 4.87. The van der Waals surface area contributed by atoms with Crippen LogP contribution in [0.5, 0.6) is 0 Å². The number of piperazine rings is 2. The zero-order valence-electron chi connectivity index (χ0n) is 10.6. The summed E-state index contributed by atoms with van der Waals surface area (Å²) in [6.07, 6.45) is 0. The lowest BCUT2D eigenvalue weighted by Gasteiger charge is -2.44. The van der Waals surface area contributed by atoms with Gasteiger partial charge in [-0.3, -0.25) is 4.90 Å². The minimum absolute atomic E-state index is 0.842. The Labute approximate surface area is 118 Å². The van der Waals surface area contributed by atoms with Crippen molar-refractivity contribution in [3.63, 3.8) is 0 Å². The number of nitrogens with zero attached hydrogens (tertiary/aromatic N) is 4. The van der Waals surface area contributed by atoms with Crippen molar-refractivity contribution >= 4 is 23.0 Å². The van der Waals surface area contributed by atoms with Crippen molar-refractivity contribution in [2.45, 2.75) is 0 Å². The first-order valence-corrected chi connectivity index (χ1v) is 7.32. The van der Waals surface area contributed by atoms with Gasteiger partial charge in [-0.25, -0.2) is 10.0 Å². The van der Waals surface area contributed by atoms with Gasteiger partial charge in [-0.15, -0.1) is 0 Å². The highest BCUT2D eigenvalue weighted by atomic mass is 127. The van der Waals surface area contributed by atoms with E-state index < -0.39 is 0 Å². The topological polar surface area (TPSA) is 22.2 Å². The molecule has 100 valence electrons. The molecule has 0 atom stereocenters. The maximum absolute atomic E-state index is 5.10.